The van der Waals surface area contributed by atoms with Crippen LogP contribution in [0.3, 0.4) is 0 Å². The van der Waals surface area contributed by atoms with Gasteiger partial charge in [0.25, 0.3) is 0 Å². The average molecular weight is 276 g/mol. The molecule has 1 fully saturated rings. The standard InChI is InChI=1S/C13H16N4O3/c14-6-9-4-5-15-13(12(9)17(19)20)16-7-10-2-1-3-11(10)8-18/h4-5,10-11,18H,1-3,7-8H2,(H,15,16). The van der Waals surface area contributed by atoms with E-state index in [-0.39, 0.29) is 35.5 Å². The Morgan fingerprint density at radius 1 is 1.55 bits per heavy atom. The molecule has 106 valence electrons. The van der Waals surface area contributed by atoms with Crippen LogP contribution in [0.5, 0.6) is 0 Å². The Hall–Kier alpha value is -2.20. The number of nitro groups is 1. The lowest BCUT2D eigenvalue weighted by Crippen LogP contribution is -2.21. The van der Waals surface area contributed by atoms with E-state index in [4.69, 9.17) is 5.26 Å². The number of aliphatic hydroxyl groups excluding tert-OH is 1. The minimum Gasteiger partial charge on any atom is -0.396 e. The summed E-state index contributed by atoms with van der Waals surface area (Å²) in [6, 6.07) is 3.13. The molecule has 1 aliphatic rings. The smallest absolute Gasteiger partial charge is 0.328 e. The molecule has 1 aromatic rings. The number of hydrogen-bond acceptors (Lipinski definition) is 6. The van der Waals surface area contributed by atoms with Gasteiger partial charge in [-0.25, -0.2) is 4.98 Å². The maximum atomic E-state index is 11.1. The molecule has 0 spiro atoms. The molecule has 0 aromatic carbocycles. The first kappa shape index (κ1) is 14.2. The zero-order valence-corrected chi connectivity index (χ0v) is 11.0. The van der Waals surface area contributed by atoms with Crippen LogP contribution in [0.25, 0.3) is 0 Å². The molecular formula is C13H16N4O3. The fraction of sp³-hybridized carbons (Fsp3) is 0.538. The second kappa shape index (κ2) is 6.30. The Morgan fingerprint density at radius 3 is 2.95 bits per heavy atom. The zero-order valence-electron chi connectivity index (χ0n) is 11.0. The van der Waals surface area contributed by atoms with Crippen LogP contribution < -0.4 is 5.32 Å². The maximum absolute atomic E-state index is 11.1. The minimum absolute atomic E-state index is 0.00219. The molecule has 0 amide bonds. The lowest BCUT2D eigenvalue weighted by Gasteiger charge is -2.18. The number of nitriles is 1. The molecule has 1 saturated carbocycles. The highest BCUT2D eigenvalue weighted by atomic mass is 16.6. The summed E-state index contributed by atoms with van der Waals surface area (Å²) in [5.41, 5.74) is -0.286. The molecule has 1 heterocycles. The zero-order chi connectivity index (χ0) is 14.5. The van der Waals surface area contributed by atoms with Crippen molar-refractivity contribution in [3.05, 3.63) is 27.9 Å². The van der Waals surface area contributed by atoms with Crippen molar-refractivity contribution in [1.82, 2.24) is 4.98 Å². The third-order valence-electron chi connectivity index (χ3n) is 3.81. The van der Waals surface area contributed by atoms with Crippen molar-refractivity contribution in [3.63, 3.8) is 0 Å². The van der Waals surface area contributed by atoms with Crippen LogP contribution in [-0.4, -0.2) is 28.2 Å². The SMILES string of the molecule is N#Cc1ccnc(NCC2CCCC2CO)c1[N+](=O)[O-]. The summed E-state index contributed by atoms with van der Waals surface area (Å²) in [6.45, 7) is 0.661. The predicted molar refractivity (Wildman–Crippen MR) is 72.0 cm³/mol. The first-order chi connectivity index (χ1) is 9.67. The van der Waals surface area contributed by atoms with Gasteiger partial charge in [0.1, 0.15) is 11.6 Å². The van der Waals surface area contributed by atoms with Gasteiger partial charge in [0, 0.05) is 19.3 Å². The van der Waals surface area contributed by atoms with Crippen molar-refractivity contribution in [1.29, 1.82) is 5.26 Å². The van der Waals surface area contributed by atoms with Crippen LogP contribution in [0.15, 0.2) is 12.3 Å². The summed E-state index contributed by atoms with van der Waals surface area (Å²) in [4.78, 5) is 14.4. The van der Waals surface area contributed by atoms with Gasteiger partial charge in [-0.1, -0.05) is 6.42 Å². The lowest BCUT2D eigenvalue weighted by atomic mass is 9.97. The Labute approximate surface area is 116 Å². The number of hydrogen-bond donors (Lipinski definition) is 2. The second-order valence-electron chi connectivity index (χ2n) is 4.94. The fourth-order valence-electron chi connectivity index (χ4n) is 2.71. The molecule has 0 radical (unpaired) electrons. The number of aliphatic hydroxyl groups is 1. The summed E-state index contributed by atoms with van der Waals surface area (Å²) in [5.74, 6) is 0.644. The van der Waals surface area contributed by atoms with Gasteiger partial charge in [0.05, 0.1) is 4.92 Å². The number of nitrogens with one attached hydrogen (secondary N) is 1. The van der Waals surface area contributed by atoms with Crippen LogP contribution in [-0.2, 0) is 0 Å². The molecule has 0 aliphatic heterocycles. The Kier molecular flexibility index (Phi) is 4.48. The molecule has 1 aliphatic carbocycles. The molecule has 2 unspecified atom stereocenters. The average Bonchev–Trinajstić information content (AvgIpc) is 2.91. The highest BCUT2D eigenvalue weighted by molar-refractivity contribution is 5.64. The first-order valence-corrected chi connectivity index (χ1v) is 6.55. The van der Waals surface area contributed by atoms with Gasteiger partial charge >= 0.3 is 5.69 Å². The summed E-state index contributed by atoms with van der Waals surface area (Å²) in [7, 11) is 0. The van der Waals surface area contributed by atoms with E-state index in [0.717, 1.165) is 19.3 Å². The number of pyridine rings is 1. The number of rotatable bonds is 5. The summed E-state index contributed by atoms with van der Waals surface area (Å²) < 4.78 is 0. The van der Waals surface area contributed by atoms with Crippen LogP contribution in [0, 0.1) is 33.3 Å². The molecule has 0 saturated heterocycles. The molecule has 1 aromatic heterocycles. The Balaban J connectivity index is 2.14. The van der Waals surface area contributed by atoms with Crippen molar-refractivity contribution in [2.24, 2.45) is 11.8 Å². The molecule has 2 N–H and O–H groups in total. The van der Waals surface area contributed by atoms with Crippen molar-refractivity contribution in [2.75, 3.05) is 18.5 Å². The van der Waals surface area contributed by atoms with Crippen molar-refractivity contribution < 1.29 is 10.0 Å². The van der Waals surface area contributed by atoms with Gasteiger partial charge in [-0.2, -0.15) is 5.26 Å². The maximum Gasteiger partial charge on any atom is 0.328 e. The van der Waals surface area contributed by atoms with Gasteiger partial charge in [-0.05, 0) is 30.7 Å². The van der Waals surface area contributed by atoms with Gasteiger partial charge in [-0.15, -0.1) is 0 Å². The van der Waals surface area contributed by atoms with Crippen molar-refractivity contribution >= 4 is 11.5 Å². The van der Waals surface area contributed by atoms with E-state index in [9.17, 15) is 15.2 Å². The number of nitrogens with zero attached hydrogens (tertiary/aromatic N) is 3. The normalized spacial score (nSPS) is 21.4. The topological polar surface area (TPSA) is 112 Å². The Bertz CT molecular complexity index is 541. The molecule has 2 rings (SSSR count). The van der Waals surface area contributed by atoms with Crippen molar-refractivity contribution in [2.45, 2.75) is 19.3 Å². The van der Waals surface area contributed by atoms with E-state index in [1.807, 2.05) is 0 Å². The molecule has 20 heavy (non-hydrogen) atoms. The molecule has 2 atom stereocenters. The van der Waals surface area contributed by atoms with Crippen LogP contribution in [0.2, 0.25) is 0 Å². The number of aromatic nitrogens is 1. The lowest BCUT2D eigenvalue weighted by molar-refractivity contribution is -0.384. The monoisotopic (exact) mass is 276 g/mol. The number of anilines is 1. The second-order valence-corrected chi connectivity index (χ2v) is 4.94. The molecule has 7 nitrogen and oxygen atoms in total. The van der Waals surface area contributed by atoms with Crippen LogP contribution in [0.1, 0.15) is 24.8 Å². The summed E-state index contributed by atoms with van der Waals surface area (Å²) in [5, 5.41) is 32.2. The molecular weight excluding hydrogens is 260 g/mol. The highest BCUT2D eigenvalue weighted by Gasteiger charge is 2.28. The van der Waals surface area contributed by atoms with Gasteiger partial charge in [-0.3, -0.25) is 10.1 Å². The fourth-order valence-corrected chi connectivity index (χ4v) is 2.71. The van der Waals surface area contributed by atoms with E-state index in [2.05, 4.69) is 10.3 Å². The van der Waals surface area contributed by atoms with E-state index >= 15 is 0 Å². The van der Waals surface area contributed by atoms with E-state index in [0.29, 0.717) is 6.54 Å². The van der Waals surface area contributed by atoms with Crippen LogP contribution in [0.4, 0.5) is 11.5 Å². The highest BCUT2D eigenvalue weighted by Crippen LogP contribution is 2.32. The minimum atomic E-state index is -0.591. The summed E-state index contributed by atoms with van der Waals surface area (Å²) >= 11 is 0. The van der Waals surface area contributed by atoms with E-state index in [1.54, 1.807) is 6.07 Å². The van der Waals surface area contributed by atoms with E-state index in [1.165, 1.54) is 12.3 Å². The van der Waals surface area contributed by atoms with Gasteiger partial charge in [0.2, 0.25) is 5.82 Å². The molecule has 7 heteroatoms. The quantitative estimate of drug-likeness (QED) is 0.625. The van der Waals surface area contributed by atoms with E-state index < -0.39 is 4.92 Å². The predicted octanol–water partition coefficient (Wildman–Crippen LogP) is 1.68. The first-order valence-electron chi connectivity index (χ1n) is 6.55. The summed E-state index contributed by atoms with van der Waals surface area (Å²) in [6.07, 6.45) is 4.41. The third-order valence-corrected chi connectivity index (χ3v) is 3.81. The largest absolute Gasteiger partial charge is 0.396 e. The Morgan fingerprint density at radius 2 is 2.30 bits per heavy atom. The molecule has 0 bridgehead atoms. The van der Waals surface area contributed by atoms with Gasteiger partial charge in [0.15, 0.2) is 0 Å². The third kappa shape index (κ3) is 2.86. The van der Waals surface area contributed by atoms with Gasteiger partial charge < -0.3 is 10.4 Å². The van der Waals surface area contributed by atoms with Crippen LogP contribution >= 0.6 is 0 Å². The van der Waals surface area contributed by atoms with Crippen molar-refractivity contribution in [3.8, 4) is 6.07 Å².